The average Bonchev–Trinajstić information content (AvgIpc) is 2.82. The van der Waals surface area contributed by atoms with E-state index in [0.717, 1.165) is 0 Å². The molecule has 0 saturated carbocycles. The van der Waals surface area contributed by atoms with Crippen molar-refractivity contribution in [2.45, 2.75) is 12.8 Å². The van der Waals surface area contributed by atoms with Crippen LogP contribution in [0, 0.1) is 0 Å². The predicted octanol–water partition coefficient (Wildman–Crippen LogP) is 4.23. The first-order valence-corrected chi connectivity index (χ1v) is 10.0. The number of hydrogen-bond acceptors (Lipinski definition) is 7. The van der Waals surface area contributed by atoms with Crippen molar-refractivity contribution >= 4 is 34.1 Å². The monoisotopic (exact) mass is 432 g/mol. The molecular formula is C25H20O7. The molecule has 162 valence electrons. The molecule has 3 aromatic rings. The van der Waals surface area contributed by atoms with Gasteiger partial charge in [0, 0.05) is 27.5 Å². The molecule has 0 unspecified atom stereocenters. The summed E-state index contributed by atoms with van der Waals surface area (Å²) >= 11 is 0. The van der Waals surface area contributed by atoms with Crippen molar-refractivity contribution in [1.29, 1.82) is 0 Å². The summed E-state index contributed by atoms with van der Waals surface area (Å²) in [5.41, 5.74) is 0.448. The van der Waals surface area contributed by atoms with Gasteiger partial charge in [0.1, 0.15) is 22.8 Å². The molecule has 0 heterocycles. The molecule has 1 aliphatic rings. The minimum atomic E-state index is -0.760. The van der Waals surface area contributed by atoms with Gasteiger partial charge in [0.25, 0.3) is 0 Å². The standard InChI is InChI=1S/C25H20O7/c1-31-20-13-19(22(27)15-8-3-2-7-14(15)20)25(30)32-12-6-11-18-21(26)16-9-4-5-10-17(16)23(28)24(18)29/h2-5,7-10,13,26-27H,6,11-12H2,1H3. The molecule has 0 fully saturated rings. The lowest BCUT2D eigenvalue weighted by Crippen LogP contribution is -2.24. The number of ketones is 2. The largest absolute Gasteiger partial charge is 0.507 e. The van der Waals surface area contributed by atoms with Crippen LogP contribution in [0.5, 0.6) is 11.5 Å². The molecule has 1 aliphatic carbocycles. The molecule has 3 aromatic carbocycles. The zero-order chi connectivity index (χ0) is 22.8. The Labute approximate surface area is 183 Å². The van der Waals surface area contributed by atoms with Gasteiger partial charge in [0.15, 0.2) is 0 Å². The third-order valence-electron chi connectivity index (χ3n) is 5.42. The number of fused-ring (bicyclic) bond motifs is 2. The van der Waals surface area contributed by atoms with Gasteiger partial charge in [-0.15, -0.1) is 0 Å². The Balaban J connectivity index is 1.47. The van der Waals surface area contributed by atoms with Crippen LogP contribution in [0.4, 0.5) is 0 Å². The number of phenolic OH excluding ortho intramolecular Hbond substituents is 1. The van der Waals surface area contributed by atoms with Gasteiger partial charge in [-0.05, 0) is 18.9 Å². The van der Waals surface area contributed by atoms with Crippen molar-refractivity contribution in [3.05, 3.63) is 76.9 Å². The average molecular weight is 432 g/mol. The van der Waals surface area contributed by atoms with Gasteiger partial charge in [0.05, 0.1) is 13.7 Å². The SMILES string of the molecule is COc1cc(C(=O)OCCCC2=C(O)c3ccccc3C(=O)C2=O)c(O)c2ccccc12. The molecule has 0 radical (unpaired) electrons. The number of esters is 1. The molecule has 7 nitrogen and oxygen atoms in total. The van der Waals surface area contributed by atoms with E-state index < -0.39 is 17.5 Å². The Morgan fingerprint density at radius 1 is 0.906 bits per heavy atom. The van der Waals surface area contributed by atoms with Crippen LogP contribution in [0.3, 0.4) is 0 Å². The summed E-state index contributed by atoms with van der Waals surface area (Å²) in [6.45, 7) is -0.0761. The summed E-state index contributed by atoms with van der Waals surface area (Å²) in [4.78, 5) is 37.2. The molecule has 4 rings (SSSR count). The zero-order valence-electron chi connectivity index (χ0n) is 17.3. The van der Waals surface area contributed by atoms with Crippen LogP contribution < -0.4 is 4.74 Å². The minimum Gasteiger partial charge on any atom is -0.507 e. The van der Waals surface area contributed by atoms with Gasteiger partial charge in [-0.3, -0.25) is 9.59 Å². The van der Waals surface area contributed by atoms with Gasteiger partial charge in [-0.25, -0.2) is 4.79 Å². The van der Waals surface area contributed by atoms with Crippen LogP contribution in [-0.2, 0) is 9.53 Å². The normalized spacial score (nSPS) is 13.3. The highest BCUT2D eigenvalue weighted by atomic mass is 16.5. The van der Waals surface area contributed by atoms with Crippen LogP contribution in [0.15, 0.2) is 60.2 Å². The van der Waals surface area contributed by atoms with Gasteiger partial charge in [-0.2, -0.15) is 0 Å². The van der Waals surface area contributed by atoms with Crippen molar-refractivity contribution < 1.29 is 34.1 Å². The molecule has 0 bridgehead atoms. The van der Waals surface area contributed by atoms with E-state index in [1.54, 1.807) is 42.5 Å². The number of rotatable bonds is 6. The van der Waals surface area contributed by atoms with Gasteiger partial charge in [0.2, 0.25) is 11.6 Å². The quantitative estimate of drug-likeness (QED) is 0.341. The van der Waals surface area contributed by atoms with Gasteiger partial charge >= 0.3 is 5.97 Å². The van der Waals surface area contributed by atoms with Crippen LogP contribution in [0.1, 0.15) is 39.1 Å². The molecule has 2 N–H and O–H groups in total. The van der Waals surface area contributed by atoms with E-state index in [1.165, 1.54) is 19.2 Å². The number of hydrogen-bond donors (Lipinski definition) is 2. The molecule has 7 heteroatoms. The number of phenols is 1. The third kappa shape index (κ3) is 3.58. The summed E-state index contributed by atoms with van der Waals surface area (Å²) in [6.07, 6.45) is 0.267. The molecule has 32 heavy (non-hydrogen) atoms. The highest BCUT2D eigenvalue weighted by Gasteiger charge is 2.32. The van der Waals surface area contributed by atoms with Crippen molar-refractivity contribution in [1.82, 2.24) is 0 Å². The van der Waals surface area contributed by atoms with Gasteiger partial charge < -0.3 is 19.7 Å². The summed E-state index contributed by atoms with van der Waals surface area (Å²) in [6, 6.07) is 14.7. The number of aliphatic hydroxyl groups is 1. The Hall–Kier alpha value is -4.13. The van der Waals surface area contributed by atoms with Crippen LogP contribution in [-0.4, -0.2) is 41.5 Å². The van der Waals surface area contributed by atoms with Crippen LogP contribution in [0.25, 0.3) is 16.5 Å². The number of aromatic hydroxyl groups is 1. The maximum atomic E-state index is 12.6. The van der Waals surface area contributed by atoms with Crippen molar-refractivity contribution in [3.63, 3.8) is 0 Å². The molecule has 0 aromatic heterocycles. The van der Waals surface area contributed by atoms with Crippen molar-refractivity contribution in [2.24, 2.45) is 0 Å². The van der Waals surface area contributed by atoms with Crippen LogP contribution >= 0.6 is 0 Å². The first-order valence-electron chi connectivity index (χ1n) is 10.0. The number of ether oxygens (including phenoxy) is 2. The summed E-state index contributed by atoms with van der Waals surface area (Å²) in [5, 5.41) is 22.1. The number of carbonyl (C=O) groups is 3. The van der Waals surface area contributed by atoms with Crippen molar-refractivity contribution in [3.8, 4) is 11.5 Å². The highest BCUT2D eigenvalue weighted by Crippen LogP contribution is 2.36. The zero-order valence-corrected chi connectivity index (χ0v) is 17.3. The Kier molecular flexibility index (Phi) is 5.64. The van der Waals surface area contributed by atoms with Gasteiger partial charge in [-0.1, -0.05) is 48.5 Å². The molecule has 0 spiro atoms. The number of carbonyl (C=O) groups excluding carboxylic acids is 3. The van der Waals surface area contributed by atoms with E-state index in [-0.39, 0.29) is 47.7 Å². The maximum Gasteiger partial charge on any atom is 0.342 e. The highest BCUT2D eigenvalue weighted by molar-refractivity contribution is 6.52. The van der Waals surface area contributed by atoms with Crippen molar-refractivity contribution in [2.75, 3.05) is 13.7 Å². The maximum absolute atomic E-state index is 12.6. The molecule has 0 amide bonds. The summed E-state index contributed by atoms with van der Waals surface area (Å²) < 4.78 is 10.6. The lowest BCUT2D eigenvalue weighted by atomic mass is 9.86. The van der Waals surface area contributed by atoms with E-state index in [2.05, 4.69) is 0 Å². The Morgan fingerprint density at radius 2 is 1.56 bits per heavy atom. The van der Waals surface area contributed by atoms with E-state index in [9.17, 15) is 24.6 Å². The smallest absolute Gasteiger partial charge is 0.342 e. The van der Waals surface area contributed by atoms with E-state index in [4.69, 9.17) is 9.47 Å². The number of benzene rings is 3. The molecule has 0 aliphatic heterocycles. The number of aliphatic hydroxyl groups excluding tert-OH is 1. The lowest BCUT2D eigenvalue weighted by Gasteiger charge is -2.17. The Morgan fingerprint density at radius 3 is 2.28 bits per heavy atom. The molecule has 0 atom stereocenters. The van der Waals surface area contributed by atoms with Crippen LogP contribution in [0.2, 0.25) is 0 Å². The second-order valence-electron chi connectivity index (χ2n) is 7.29. The number of methoxy groups -OCH3 is 1. The summed E-state index contributed by atoms with van der Waals surface area (Å²) in [5.74, 6) is -2.19. The minimum absolute atomic E-state index is 0.0000272. The molecular weight excluding hydrogens is 412 g/mol. The number of allylic oxidation sites excluding steroid dienone is 1. The lowest BCUT2D eigenvalue weighted by molar-refractivity contribution is -0.112. The summed E-state index contributed by atoms with van der Waals surface area (Å²) in [7, 11) is 1.47. The van der Waals surface area contributed by atoms with E-state index in [1.807, 2.05) is 0 Å². The van der Waals surface area contributed by atoms with E-state index in [0.29, 0.717) is 22.1 Å². The number of Topliss-reactive ketones (excluding diaryl/α,β-unsaturated/α-hetero) is 2. The first-order chi connectivity index (χ1) is 15.4. The second-order valence-corrected chi connectivity index (χ2v) is 7.29. The van der Waals surface area contributed by atoms with E-state index >= 15 is 0 Å². The fraction of sp³-hybridized carbons (Fsp3) is 0.160. The fourth-order valence-corrected chi connectivity index (χ4v) is 3.79. The molecule has 0 saturated heterocycles. The fourth-order valence-electron chi connectivity index (χ4n) is 3.79. The first kappa shape index (κ1) is 21.1. The third-order valence-corrected chi connectivity index (χ3v) is 5.42. The second kappa shape index (κ2) is 8.55. The topological polar surface area (TPSA) is 110 Å². The Bertz CT molecular complexity index is 1290. The predicted molar refractivity (Wildman–Crippen MR) is 117 cm³/mol.